The van der Waals surface area contributed by atoms with Crippen molar-refractivity contribution in [3.8, 4) is 0 Å². The lowest BCUT2D eigenvalue weighted by Crippen LogP contribution is -2.52. The standard InChI is InChI=1S/C15H32N2O/c1-4-6-14-7-5-9-15(13-16,10-8-14)17(2)11-12-18-3/h14H,4-13,16H2,1-3H3. The van der Waals surface area contributed by atoms with E-state index in [1.807, 2.05) is 0 Å². The van der Waals surface area contributed by atoms with E-state index >= 15 is 0 Å². The molecule has 2 N–H and O–H groups in total. The van der Waals surface area contributed by atoms with Gasteiger partial charge < -0.3 is 10.5 Å². The fraction of sp³-hybridized carbons (Fsp3) is 1.00. The third kappa shape index (κ3) is 4.22. The molecule has 1 fully saturated rings. The molecule has 3 heteroatoms. The van der Waals surface area contributed by atoms with Crippen molar-refractivity contribution in [1.82, 2.24) is 4.90 Å². The van der Waals surface area contributed by atoms with Gasteiger partial charge in [0, 0.05) is 25.7 Å². The predicted molar refractivity (Wildman–Crippen MR) is 77.8 cm³/mol. The van der Waals surface area contributed by atoms with Gasteiger partial charge >= 0.3 is 0 Å². The summed E-state index contributed by atoms with van der Waals surface area (Å²) in [6.45, 7) is 4.88. The minimum absolute atomic E-state index is 0.223. The first-order valence-corrected chi connectivity index (χ1v) is 7.58. The average Bonchev–Trinajstić information content (AvgIpc) is 2.60. The minimum Gasteiger partial charge on any atom is -0.383 e. The normalized spacial score (nSPS) is 29.5. The second-order valence-corrected chi connectivity index (χ2v) is 5.93. The molecule has 0 aromatic heterocycles. The molecule has 1 saturated carbocycles. The van der Waals surface area contributed by atoms with Crippen LogP contribution in [-0.2, 0) is 4.74 Å². The highest BCUT2D eigenvalue weighted by Gasteiger charge is 2.35. The summed E-state index contributed by atoms with van der Waals surface area (Å²) in [5.41, 5.74) is 6.34. The lowest BCUT2D eigenvalue weighted by molar-refractivity contribution is 0.0708. The number of ether oxygens (including phenoxy) is 1. The zero-order valence-electron chi connectivity index (χ0n) is 12.6. The Bertz CT molecular complexity index is 223. The fourth-order valence-corrected chi connectivity index (χ4v) is 3.37. The summed E-state index contributed by atoms with van der Waals surface area (Å²) < 4.78 is 5.20. The SMILES string of the molecule is CCCC1CCCC(CN)(N(C)CCOC)CC1. The van der Waals surface area contributed by atoms with Gasteiger partial charge in [0.1, 0.15) is 0 Å². The molecule has 3 nitrogen and oxygen atoms in total. The van der Waals surface area contributed by atoms with E-state index in [1.54, 1.807) is 7.11 Å². The Morgan fingerprint density at radius 1 is 1.33 bits per heavy atom. The maximum atomic E-state index is 6.12. The zero-order chi connectivity index (χ0) is 13.4. The van der Waals surface area contributed by atoms with Crippen molar-refractivity contribution < 1.29 is 4.74 Å². The number of nitrogens with two attached hydrogens (primary N) is 1. The number of likely N-dealkylation sites (N-methyl/N-ethyl adjacent to an activating group) is 1. The molecular formula is C15H32N2O. The Morgan fingerprint density at radius 2 is 2.11 bits per heavy atom. The molecule has 0 radical (unpaired) electrons. The van der Waals surface area contributed by atoms with Gasteiger partial charge in [0.05, 0.1) is 6.61 Å². The largest absolute Gasteiger partial charge is 0.383 e. The van der Waals surface area contributed by atoms with Crippen LogP contribution in [0.3, 0.4) is 0 Å². The summed E-state index contributed by atoms with van der Waals surface area (Å²) in [7, 11) is 3.99. The molecule has 108 valence electrons. The van der Waals surface area contributed by atoms with Crippen LogP contribution in [0.25, 0.3) is 0 Å². The molecule has 2 atom stereocenters. The summed E-state index contributed by atoms with van der Waals surface area (Å²) in [5.74, 6) is 0.930. The Hall–Kier alpha value is -0.120. The van der Waals surface area contributed by atoms with Gasteiger partial charge in [-0.1, -0.05) is 32.6 Å². The molecule has 0 aromatic rings. The maximum absolute atomic E-state index is 6.12. The number of rotatable bonds is 7. The van der Waals surface area contributed by atoms with E-state index in [9.17, 15) is 0 Å². The van der Waals surface area contributed by atoms with Crippen LogP contribution in [-0.4, -0.2) is 44.3 Å². The van der Waals surface area contributed by atoms with E-state index in [0.717, 1.165) is 25.6 Å². The van der Waals surface area contributed by atoms with Gasteiger partial charge in [-0.15, -0.1) is 0 Å². The van der Waals surface area contributed by atoms with Gasteiger partial charge in [-0.25, -0.2) is 0 Å². The van der Waals surface area contributed by atoms with E-state index in [0.29, 0.717) is 0 Å². The molecular weight excluding hydrogens is 224 g/mol. The average molecular weight is 256 g/mol. The topological polar surface area (TPSA) is 38.5 Å². The monoisotopic (exact) mass is 256 g/mol. The number of hydrogen-bond donors (Lipinski definition) is 1. The van der Waals surface area contributed by atoms with Gasteiger partial charge in [0.15, 0.2) is 0 Å². The van der Waals surface area contributed by atoms with Crippen molar-refractivity contribution in [1.29, 1.82) is 0 Å². The van der Waals surface area contributed by atoms with E-state index < -0.39 is 0 Å². The van der Waals surface area contributed by atoms with Gasteiger partial charge in [-0.05, 0) is 32.2 Å². The van der Waals surface area contributed by atoms with Crippen LogP contribution in [0.5, 0.6) is 0 Å². The maximum Gasteiger partial charge on any atom is 0.0589 e. The summed E-state index contributed by atoms with van der Waals surface area (Å²) in [5, 5.41) is 0. The van der Waals surface area contributed by atoms with Crippen molar-refractivity contribution in [2.45, 2.75) is 57.4 Å². The van der Waals surface area contributed by atoms with Gasteiger partial charge in [0.2, 0.25) is 0 Å². The summed E-state index contributed by atoms with van der Waals surface area (Å²) in [4.78, 5) is 2.45. The molecule has 0 bridgehead atoms. The van der Waals surface area contributed by atoms with Crippen molar-refractivity contribution in [3.05, 3.63) is 0 Å². The van der Waals surface area contributed by atoms with Crippen molar-refractivity contribution in [3.63, 3.8) is 0 Å². The second-order valence-electron chi connectivity index (χ2n) is 5.93. The molecule has 18 heavy (non-hydrogen) atoms. The summed E-state index contributed by atoms with van der Waals surface area (Å²) in [6, 6.07) is 0. The van der Waals surface area contributed by atoms with E-state index in [4.69, 9.17) is 10.5 Å². The van der Waals surface area contributed by atoms with Gasteiger partial charge in [-0.3, -0.25) is 4.90 Å². The first kappa shape index (κ1) is 15.9. The molecule has 2 unspecified atom stereocenters. The van der Waals surface area contributed by atoms with Crippen LogP contribution in [0.1, 0.15) is 51.9 Å². The fourth-order valence-electron chi connectivity index (χ4n) is 3.37. The van der Waals surface area contributed by atoms with Crippen LogP contribution in [0.15, 0.2) is 0 Å². The van der Waals surface area contributed by atoms with E-state index in [-0.39, 0.29) is 5.54 Å². The second kappa shape index (κ2) is 8.13. The van der Waals surface area contributed by atoms with Crippen LogP contribution in [0, 0.1) is 5.92 Å². The predicted octanol–water partition coefficient (Wildman–Crippen LogP) is 2.64. The smallest absolute Gasteiger partial charge is 0.0589 e. The molecule has 0 heterocycles. The number of methoxy groups -OCH3 is 1. The Balaban J connectivity index is 2.58. The Labute approximate surface area is 113 Å². The Kier molecular flexibility index (Phi) is 7.20. The van der Waals surface area contributed by atoms with Crippen LogP contribution < -0.4 is 5.73 Å². The molecule has 1 aliphatic carbocycles. The minimum atomic E-state index is 0.223. The van der Waals surface area contributed by atoms with E-state index in [2.05, 4.69) is 18.9 Å². The summed E-state index contributed by atoms with van der Waals surface area (Å²) >= 11 is 0. The molecule has 1 rings (SSSR count). The zero-order valence-corrected chi connectivity index (χ0v) is 12.6. The third-order valence-corrected chi connectivity index (χ3v) is 4.79. The molecule has 0 amide bonds. The van der Waals surface area contributed by atoms with Crippen molar-refractivity contribution in [2.75, 3.05) is 33.9 Å². The molecule has 1 aliphatic rings. The van der Waals surface area contributed by atoms with Gasteiger partial charge in [-0.2, -0.15) is 0 Å². The highest BCUT2D eigenvalue weighted by molar-refractivity contribution is 4.93. The summed E-state index contributed by atoms with van der Waals surface area (Å²) in [6.07, 6.45) is 9.30. The van der Waals surface area contributed by atoms with Crippen LogP contribution in [0.2, 0.25) is 0 Å². The van der Waals surface area contributed by atoms with E-state index in [1.165, 1.54) is 44.9 Å². The highest BCUT2D eigenvalue weighted by Crippen LogP contribution is 2.35. The lowest BCUT2D eigenvalue weighted by Gasteiger charge is -2.41. The molecule has 0 aromatic carbocycles. The molecule has 0 aliphatic heterocycles. The number of nitrogens with zero attached hydrogens (tertiary/aromatic N) is 1. The lowest BCUT2D eigenvalue weighted by atomic mass is 9.87. The first-order valence-electron chi connectivity index (χ1n) is 7.58. The van der Waals surface area contributed by atoms with Crippen LogP contribution in [0.4, 0.5) is 0 Å². The van der Waals surface area contributed by atoms with Crippen LogP contribution >= 0.6 is 0 Å². The molecule has 0 spiro atoms. The molecule has 0 saturated heterocycles. The quantitative estimate of drug-likeness (QED) is 0.712. The van der Waals surface area contributed by atoms with Crippen molar-refractivity contribution in [2.24, 2.45) is 11.7 Å². The first-order chi connectivity index (χ1) is 8.68. The number of hydrogen-bond acceptors (Lipinski definition) is 3. The van der Waals surface area contributed by atoms with Gasteiger partial charge in [0.25, 0.3) is 0 Å². The van der Waals surface area contributed by atoms with Crippen molar-refractivity contribution >= 4 is 0 Å². The Morgan fingerprint density at radius 3 is 2.72 bits per heavy atom. The highest BCUT2D eigenvalue weighted by atomic mass is 16.5. The third-order valence-electron chi connectivity index (χ3n) is 4.79.